The molecule has 4 nitrogen and oxygen atoms in total. The second-order valence-corrected chi connectivity index (χ2v) is 3.06. The molecule has 78 valence electrons. The highest BCUT2D eigenvalue weighted by atomic mass is 19.3. The lowest BCUT2D eigenvalue weighted by Gasteiger charge is -2.17. The molecule has 4 N–H and O–H groups in total. The highest BCUT2D eigenvalue weighted by Crippen LogP contribution is 2.19. The second-order valence-electron chi connectivity index (χ2n) is 3.06. The Morgan fingerprint density at radius 2 is 2.08 bits per heavy atom. The van der Waals surface area contributed by atoms with Crippen LogP contribution >= 0.6 is 0 Å². The van der Waals surface area contributed by atoms with Crippen molar-refractivity contribution >= 4 is 5.97 Å². The van der Waals surface area contributed by atoms with Crippen molar-refractivity contribution in [3.63, 3.8) is 0 Å². The van der Waals surface area contributed by atoms with Gasteiger partial charge in [0.25, 0.3) is 0 Å². The fourth-order valence-electron chi connectivity index (χ4n) is 0.761. The first kappa shape index (κ1) is 12.2. The summed E-state index contributed by atoms with van der Waals surface area (Å²) in [5.41, 5.74) is 5.16. The third-order valence-electron chi connectivity index (χ3n) is 1.58. The SMILES string of the molecule is CC(F)(F)CC[C@H](N)[C@H](O)C(=O)O. The maximum atomic E-state index is 12.3. The van der Waals surface area contributed by atoms with E-state index in [1.54, 1.807) is 0 Å². The number of carboxylic acid groups (broad SMARTS) is 1. The number of aliphatic carboxylic acids is 1. The van der Waals surface area contributed by atoms with Crippen molar-refractivity contribution in [2.24, 2.45) is 5.73 Å². The minimum Gasteiger partial charge on any atom is -0.479 e. The predicted molar refractivity (Wildman–Crippen MR) is 41.5 cm³/mol. The van der Waals surface area contributed by atoms with E-state index in [9.17, 15) is 13.6 Å². The molecule has 6 heteroatoms. The average molecular weight is 197 g/mol. The molecule has 0 aliphatic heterocycles. The first-order valence-corrected chi connectivity index (χ1v) is 3.78. The summed E-state index contributed by atoms with van der Waals surface area (Å²) >= 11 is 0. The smallest absolute Gasteiger partial charge is 0.334 e. The van der Waals surface area contributed by atoms with Crippen molar-refractivity contribution in [1.29, 1.82) is 0 Å². The molecule has 0 heterocycles. The molecule has 0 saturated carbocycles. The van der Waals surface area contributed by atoms with E-state index < -0.39 is 30.5 Å². The van der Waals surface area contributed by atoms with E-state index in [1.165, 1.54) is 0 Å². The van der Waals surface area contributed by atoms with Crippen LogP contribution in [0, 0.1) is 0 Å². The van der Waals surface area contributed by atoms with Crippen LogP contribution in [0.5, 0.6) is 0 Å². The van der Waals surface area contributed by atoms with Crippen molar-refractivity contribution in [2.75, 3.05) is 0 Å². The second kappa shape index (κ2) is 4.48. The highest BCUT2D eigenvalue weighted by molar-refractivity contribution is 5.72. The van der Waals surface area contributed by atoms with Crippen molar-refractivity contribution in [1.82, 2.24) is 0 Å². The average Bonchev–Trinajstić information content (AvgIpc) is 1.97. The van der Waals surface area contributed by atoms with E-state index in [-0.39, 0.29) is 6.42 Å². The lowest BCUT2D eigenvalue weighted by atomic mass is 10.0. The third kappa shape index (κ3) is 5.48. The molecule has 13 heavy (non-hydrogen) atoms. The molecule has 0 aromatic carbocycles. The Morgan fingerprint density at radius 1 is 1.62 bits per heavy atom. The van der Waals surface area contributed by atoms with Gasteiger partial charge < -0.3 is 15.9 Å². The molecule has 0 amide bonds. The maximum Gasteiger partial charge on any atom is 0.334 e. The molecule has 0 fully saturated rings. The van der Waals surface area contributed by atoms with Crippen LogP contribution in [0.4, 0.5) is 8.78 Å². The zero-order valence-corrected chi connectivity index (χ0v) is 7.20. The summed E-state index contributed by atoms with van der Waals surface area (Å²) in [5.74, 6) is -4.37. The summed E-state index contributed by atoms with van der Waals surface area (Å²) in [6.45, 7) is 0.715. The van der Waals surface area contributed by atoms with Gasteiger partial charge in [-0.25, -0.2) is 13.6 Å². The molecule has 0 saturated heterocycles. The third-order valence-corrected chi connectivity index (χ3v) is 1.58. The van der Waals surface area contributed by atoms with Crippen molar-refractivity contribution < 1.29 is 23.8 Å². The topological polar surface area (TPSA) is 83.5 Å². The lowest BCUT2D eigenvalue weighted by Crippen LogP contribution is -2.41. The van der Waals surface area contributed by atoms with Gasteiger partial charge in [0.2, 0.25) is 5.92 Å². The van der Waals surface area contributed by atoms with Crippen LogP contribution in [0.25, 0.3) is 0 Å². The Bertz CT molecular complexity index is 181. The van der Waals surface area contributed by atoms with E-state index in [2.05, 4.69) is 0 Å². The van der Waals surface area contributed by atoms with Crippen molar-refractivity contribution in [3.05, 3.63) is 0 Å². The number of carbonyl (C=O) groups is 1. The summed E-state index contributed by atoms with van der Waals surface area (Å²) < 4.78 is 24.5. The quantitative estimate of drug-likeness (QED) is 0.587. The Morgan fingerprint density at radius 3 is 2.38 bits per heavy atom. The minimum atomic E-state index is -2.88. The van der Waals surface area contributed by atoms with Crippen LogP contribution in [0.1, 0.15) is 19.8 Å². The molecule has 0 aromatic rings. The number of aliphatic hydroxyl groups is 1. The van der Waals surface area contributed by atoms with Crippen LogP contribution in [-0.2, 0) is 4.79 Å². The van der Waals surface area contributed by atoms with Gasteiger partial charge in [0, 0.05) is 12.5 Å². The van der Waals surface area contributed by atoms with Crippen LogP contribution in [0.15, 0.2) is 0 Å². The molecule has 0 spiro atoms. The molecule has 0 radical (unpaired) electrons. The Hall–Kier alpha value is -0.750. The Balaban J connectivity index is 3.88. The van der Waals surface area contributed by atoms with E-state index in [1.807, 2.05) is 0 Å². The van der Waals surface area contributed by atoms with Gasteiger partial charge in [-0.3, -0.25) is 0 Å². The zero-order chi connectivity index (χ0) is 10.6. The number of aliphatic hydroxyl groups excluding tert-OH is 1. The zero-order valence-electron chi connectivity index (χ0n) is 7.20. The molecule has 0 bridgehead atoms. The first-order chi connectivity index (χ1) is 5.74. The van der Waals surface area contributed by atoms with E-state index in [4.69, 9.17) is 15.9 Å². The summed E-state index contributed by atoms with van der Waals surface area (Å²) in [6, 6.07) is -1.15. The van der Waals surface area contributed by atoms with Crippen molar-refractivity contribution in [2.45, 2.75) is 37.8 Å². The minimum absolute atomic E-state index is 0.225. The largest absolute Gasteiger partial charge is 0.479 e. The van der Waals surface area contributed by atoms with Crippen LogP contribution in [0.3, 0.4) is 0 Å². The number of hydrogen-bond donors (Lipinski definition) is 3. The van der Waals surface area contributed by atoms with Crippen LogP contribution in [0.2, 0.25) is 0 Å². The van der Waals surface area contributed by atoms with Gasteiger partial charge in [-0.15, -0.1) is 0 Å². The fourth-order valence-corrected chi connectivity index (χ4v) is 0.761. The number of carboxylic acids is 1. The van der Waals surface area contributed by atoms with Crippen LogP contribution < -0.4 is 5.73 Å². The maximum absolute atomic E-state index is 12.3. The normalized spacial score (nSPS) is 16.7. The summed E-state index contributed by atoms with van der Waals surface area (Å²) in [5, 5.41) is 17.1. The highest BCUT2D eigenvalue weighted by Gasteiger charge is 2.27. The Kier molecular flexibility index (Phi) is 4.22. The molecule has 0 aliphatic rings. The van der Waals surface area contributed by atoms with Gasteiger partial charge in [0.15, 0.2) is 6.10 Å². The van der Waals surface area contributed by atoms with E-state index >= 15 is 0 Å². The number of halogens is 2. The molecular formula is C7H13F2NO3. The van der Waals surface area contributed by atoms with Crippen molar-refractivity contribution in [3.8, 4) is 0 Å². The summed E-state index contributed by atoms with van der Waals surface area (Å²) in [7, 11) is 0. The summed E-state index contributed by atoms with van der Waals surface area (Å²) in [6.07, 6.45) is -2.53. The van der Waals surface area contributed by atoms with Gasteiger partial charge in [0.1, 0.15) is 0 Å². The number of hydrogen-bond acceptors (Lipinski definition) is 3. The number of alkyl halides is 2. The standard InChI is InChI=1S/C7H13F2NO3/c1-7(8,9)3-2-4(10)5(11)6(12)13/h4-5,11H,2-3,10H2,1H3,(H,12,13)/t4-,5-/m0/s1. The first-order valence-electron chi connectivity index (χ1n) is 3.78. The molecule has 0 rings (SSSR count). The predicted octanol–water partition coefficient (Wildman–Crippen LogP) is 0.195. The lowest BCUT2D eigenvalue weighted by molar-refractivity contribution is -0.148. The number of nitrogens with two attached hydrogens (primary N) is 1. The molecule has 2 atom stereocenters. The Labute approximate surface area is 74.3 Å². The van der Waals surface area contributed by atoms with Gasteiger partial charge in [-0.2, -0.15) is 0 Å². The fraction of sp³-hybridized carbons (Fsp3) is 0.857. The van der Waals surface area contributed by atoms with Gasteiger partial charge in [0.05, 0.1) is 0 Å². The van der Waals surface area contributed by atoms with Crippen LogP contribution in [-0.4, -0.2) is 34.3 Å². The molecule has 0 aromatic heterocycles. The summed E-state index contributed by atoms with van der Waals surface area (Å²) in [4.78, 5) is 10.1. The van der Waals surface area contributed by atoms with Gasteiger partial charge in [-0.05, 0) is 13.3 Å². The van der Waals surface area contributed by atoms with E-state index in [0.29, 0.717) is 6.92 Å². The van der Waals surface area contributed by atoms with E-state index in [0.717, 1.165) is 0 Å². The molecule has 0 unspecified atom stereocenters. The molecule has 0 aliphatic carbocycles. The monoisotopic (exact) mass is 197 g/mol. The molecular weight excluding hydrogens is 184 g/mol. The van der Waals surface area contributed by atoms with Gasteiger partial charge >= 0.3 is 5.97 Å². The van der Waals surface area contributed by atoms with Gasteiger partial charge in [-0.1, -0.05) is 0 Å². The number of rotatable bonds is 5.